The molecule has 0 aliphatic carbocycles. The van der Waals surface area contributed by atoms with Gasteiger partial charge in [0.1, 0.15) is 28.7 Å². The zero-order valence-corrected chi connectivity index (χ0v) is 19.1. The minimum atomic E-state index is 0.104. The number of aryl methyl sites for hydroxylation is 3. The van der Waals surface area contributed by atoms with Crippen LogP contribution in [0.25, 0.3) is 0 Å². The van der Waals surface area contributed by atoms with E-state index in [4.69, 9.17) is 4.74 Å². The molecule has 0 spiro atoms. The van der Waals surface area contributed by atoms with E-state index in [0.717, 1.165) is 22.4 Å². The normalized spacial score (nSPS) is 10.8. The molecule has 0 atom stereocenters. The molecule has 4 aromatic rings. The van der Waals surface area contributed by atoms with E-state index in [1.54, 1.807) is 12.1 Å². The van der Waals surface area contributed by atoms with Crippen molar-refractivity contribution >= 4 is 17.1 Å². The fourth-order valence-corrected chi connectivity index (χ4v) is 3.75. The summed E-state index contributed by atoms with van der Waals surface area (Å²) in [5.74, 6) is 1.61. The molecule has 0 aliphatic heterocycles. The van der Waals surface area contributed by atoms with Crippen molar-refractivity contribution in [2.75, 3.05) is 4.90 Å². The van der Waals surface area contributed by atoms with Crippen LogP contribution in [-0.2, 0) is 0 Å². The van der Waals surface area contributed by atoms with Crippen molar-refractivity contribution in [2.24, 2.45) is 0 Å². The minimum Gasteiger partial charge on any atom is -0.507 e. The molecule has 0 saturated carbocycles. The van der Waals surface area contributed by atoms with Gasteiger partial charge in [-0.05, 0) is 99.0 Å². The van der Waals surface area contributed by atoms with Crippen molar-refractivity contribution in [3.05, 3.63) is 95.1 Å². The molecule has 0 saturated heterocycles. The summed E-state index contributed by atoms with van der Waals surface area (Å²) in [6, 6.07) is 21.7. The Labute approximate surface area is 193 Å². The third-order valence-electron chi connectivity index (χ3n) is 5.65. The van der Waals surface area contributed by atoms with Crippen LogP contribution in [0.1, 0.15) is 22.3 Å². The molecular formula is C28H27NO4. The topological polar surface area (TPSA) is 73.2 Å². The molecule has 0 radical (unpaired) electrons. The number of rotatable bonds is 5. The molecule has 0 aliphatic rings. The highest BCUT2D eigenvalue weighted by Gasteiger charge is 2.20. The van der Waals surface area contributed by atoms with Gasteiger partial charge < -0.3 is 25.0 Å². The first-order valence-electron chi connectivity index (χ1n) is 10.7. The van der Waals surface area contributed by atoms with Gasteiger partial charge in [0.25, 0.3) is 0 Å². The maximum absolute atomic E-state index is 10.6. The second kappa shape index (κ2) is 8.79. The first-order valence-corrected chi connectivity index (χ1v) is 10.7. The van der Waals surface area contributed by atoms with Gasteiger partial charge >= 0.3 is 0 Å². The van der Waals surface area contributed by atoms with Crippen molar-refractivity contribution in [1.82, 2.24) is 0 Å². The predicted molar refractivity (Wildman–Crippen MR) is 132 cm³/mol. The molecule has 0 fully saturated rings. The molecule has 33 heavy (non-hydrogen) atoms. The van der Waals surface area contributed by atoms with Crippen LogP contribution in [0.2, 0.25) is 0 Å². The van der Waals surface area contributed by atoms with Gasteiger partial charge in [-0.2, -0.15) is 0 Å². The summed E-state index contributed by atoms with van der Waals surface area (Å²) < 4.78 is 6.00. The molecule has 4 aromatic carbocycles. The van der Waals surface area contributed by atoms with Crippen LogP contribution >= 0.6 is 0 Å². The fourth-order valence-electron chi connectivity index (χ4n) is 3.75. The number of phenolic OH excluding ortho intramolecular Hbond substituents is 3. The lowest BCUT2D eigenvalue weighted by molar-refractivity contribution is 0.445. The number of aromatic hydroxyl groups is 3. The number of phenols is 3. The molecule has 168 valence electrons. The number of anilines is 3. The van der Waals surface area contributed by atoms with Gasteiger partial charge in [0.2, 0.25) is 0 Å². The average molecular weight is 442 g/mol. The number of hydrogen-bond donors (Lipinski definition) is 3. The smallest absolute Gasteiger partial charge is 0.139 e. The maximum atomic E-state index is 10.6. The van der Waals surface area contributed by atoms with E-state index in [1.165, 1.54) is 0 Å². The van der Waals surface area contributed by atoms with Crippen LogP contribution in [0.15, 0.2) is 72.8 Å². The van der Waals surface area contributed by atoms with Crippen molar-refractivity contribution in [2.45, 2.75) is 27.7 Å². The van der Waals surface area contributed by atoms with Gasteiger partial charge in [0.05, 0.1) is 11.4 Å². The molecule has 0 unspecified atom stereocenters. The summed E-state index contributed by atoms with van der Waals surface area (Å²) in [7, 11) is 0. The van der Waals surface area contributed by atoms with Crippen LogP contribution in [0, 0.1) is 27.7 Å². The minimum absolute atomic E-state index is 0.104. The molecule has 0 heterocycles. The van der Waals surface area contributed by atoms with Crippen molar-refractivity contribution in [3.8, 4) is 28.7 Å². The van der Waals surface area contributed by atoms with Crippen molar-refractivity contribution in [3.63, 3.8) is 0 Å². The van der Waals surface area contributed by atoms with Crippen LogP contribution in [0.3, 0.4) is 0 Å². The quantitative estimate of drug-likeness (QED) is 0.303. The summed E-state index contributed by atoms with van der Waals surface area (Å²) in [5.41, 5.74) is 5.29. The highest BCUT2D eigenvalue weighted by molar-refractivity contribution is 5.83. The zero-order valence-electron chi connectivity index (χ0n) is 19.1. The predicted octanol–water partition coefficient (Wildman–Crippen LogP) is 7.30. The number of hydrogen-bond acceptors (Lipinski definition) is 5. The molecule has 4 rings (SSSR count). The van der Waals surface area contributed by atoms with Crippen LogP contribution in [0.4, 0.5) is 17.1 Å². The Balaban J connectivity index is 1.76. The fraction of sp³-hybridized carbons (Fsp3) is 0.143. The van der Waals surface area contributed by atoms with Crippen molar-refractivity contribution in [1.29, 1.82) is 0 Å². The van der Waals surface area contributed by atoms with Gasteiger partial charge in [0, 0.05) is 11.3 Å². The second-order valence-corrected chi connectivity index (χ2v) is 8.27. The molecule has 5 nitrogen and oxygen atoms in total. The lowest BCUT2D eigenvalue weighted by atomic mass is 10.1. The van der Waals surface area contributed by atoms with E-state index < -0.39 is 0 Å². The van der Waals surface area contributed by atoms with Gasteiger partial charge in [-0.3, -0.25) is 0 Å². The standard InChI is InChI=1S/C28H27NO4/c1-17-5-12-25(30)23(15-17)29(24-16-18(2)6-13-26(24)31)21-8-10-22(11-9-21)33-27-14-7-19(3)28(32)20(27)4/h5-16,30-32H,1-4H3. The summed E-state index contributed by atoms with van der Waals surface area (Å²) >= 11 is 0. The molecular weight excluding hydrogens is 414 g/mol. The van der Waals surface area contributed by atoms with Gasteiger partial charge in [-0.25, -0.2) is 0 Å². The summed E-state index contributed by atoms with van der Waals surface area (Å²) in [4.78, 5) is 1.82. The highest BCUT2D eigenvalue weighted by atomic mass is 16.5. The third-order valence-corrected chi connectivity index (χ3v) is 5.65. The van der Waals surface area contributed by atoms with E-state index >= 15 is 0 Å². The molecule has 3 N–H and O–H groups in total. The number of nitrogens with zero attached hydrogens (tertiary/aromatic N) is 1. The molecule has 5 heteroatoms. The average Bonchev–Trinajstić information content (AvgIpc) is 2.80. The summed E-state index contributed by atoms with van der Waals surface area (Å²) in [6.07, 6.45) is 0. The molecule has 0 bridgehead atoms. The van der Waals surface area contributed by atoms with E-state index in [9.17, 15) is 15.3 Å². The lowest BCUT2D eigenvalue weighted by Gasteiger charge is -2.27. The molecule has 0 amide bonds. The van der Waals surface area contributed by atoms with Crippen LogP contribution < -0.4 is 9.64 Å². The Hall–Kier alpha value is -4.12. The summed E-state index contributed by atoms with van der Waals surface area (Å²) in [6.45, 7) is 7.56. The first kappa shape index (κ1) is 22.1. The summed E-state index contributed by atoms with van der Waals surface area (Å²) in [5, 5.41) is 31.5. The molecule has 0 aromatic heterocycles. The third kappa shape index (κ3) is 4.44. The number of benzene rings is 4. The monoisotopic (exact) mass is 441 g/mol. The SMILES string of the molecule is Cc1ccc(O)c(N(c2ccc(Oc3ccc(C)c(O)c3C)cc2)c2cc(C)ccc2O)c1. The Morgan fingerprint density at radius 3 is 1.73 bits per heavy atom. The van der Waals surface area contributed by atoms with Gasteiger partial charge in [-0.1, -0.05) is 18.2 Å². The second-order valence-electron chi connectivity index (χ2n) is 8.27. The van der Waals surface area contributed by atoms with E-state index in [0.29, 0.717) is 28.4 Å². The Morgan fingerprint density at radius 1 is 0.636 bits per heavy atom. The largest absolute Gasteiger partial charge is 0.507 e. The van der Waals surface area contributed by atoms with Gasteiger partial charge in [-0.15, -0.1) is 0 Å². The van der Waals surface area contributed by atoms with Crippen LogP contribution in [0.5, 0.6) is 28.7 Å². The highest BCUT2D eigenvalue weighted by Crippen LogP contribution is 2.44. The lowest BCUT2D eigenvalue weighted by Crippen LogP contribution is -2.11. The van der Waals surface area contributed by atoms with Crippen LogP contribution in [-0.4, -0.2) is 15.3 Å². The van der Waals surface area contributed by atoms with E-state index in [1.807, 2.05) is 93.3 Å². The Kier molecular flexibility index (Phi) is 5.88. The Morgan fingerprint density at radius 2 is 1.18 bits per heavy atom. The Bertz CT molecular complexity index is 1260. The maximum Gasteiger partial charge on any atom is 0.139 e. The first-order chi connectivity index (χ1) is 15.7. The number of ether oxygens (including phenoxy) is 1. The van der Waals surface area contributed by atoms with E-state index in [-0.39, 0.29) is 17.2 Å². The zero-order chi connectivity index (χ0) is 23.7. The van der Waals surface area contributed by atoms with Crippen molar-refractivity contribution < 1.29 is 20.1 Å². The van der Waals surface area contributed by atoms with Gasteiger partial charge in [0.15, 0.2) is 0 Å². The van der Waals surface area contributed by atoms with E-state index in [2.05, 4.69) is 0 Å².